The first-order chi connectivity index (χ1) is 15.0. The van der Waals surface area contributed by atoms with Crippen molar-refractivity contribution in [3.63, 3.8) is 0 Å². The second-order valence-electron chi connectivity index (χ2n) is 6.67. The molecule has 0 fully saturated rings. The van der Waals surface area contributed by atoms with Crippen LogP contribution in [0.25, 0.3) is 0 Å². The fourth-order valence-electron chi connectivity index (χ4n) is 2.78. The maximum atomic E-state index is 13.6. The molecule has 166 valence electrons. The summed E-state index contributed by atoms with van der Waals surface area (Å²) in [4.78, 5) is 23.8. The first-order valence-corrected chi connectivity index (χ1v) is 8.95. The third-order valence-electron chi connectivity index (χ3n) is 4.37. The second-order valence-corrected chi connectivity index (χ2v) is 6.67. The Bertz CT molecular complexity index is 1210. The summed E-state index contributed by atoms with van der Waals surface area (Å²) in [5.74, 6) is -4.55. The molecule has 0 aromatic heterocycles. The number of halogens is 5. The van der Waals surface area contributed by atoms with Gasteiger partial charge in [0, 0.05) is 5.69 Å². The molecule has 0 aliphatic rings. The molecular formula is C22H14F5NO4. The van der Waals surface area contributed by atoms with Gasteiger partial charge in [-0.15, -0.1) is 0 Å². The van der Waals surface area contributed by atoms with Gasteiger partial charge in [0.15, 0.2) is 0 Å². The molecule has 0 atom stereocenters. The molecule has 0 bridgehead atoms. The lowest BCUT2D eigenvalue weighted by Crippen LogP contribution is -2.15. The van der Waals surface area contributed by atoms with Gasteiger partial charge in [-0.3, -0.25) is 4.79 Å². The van der Waals surface area contributed by atoms with Gasteiger partial charge in [-0.05, 0) is 67.1 Å². The van der Waals surface area contributed by atoms with E-state index in [2.05, 4.69) is 5.32 Å². The Morgan fingerprint density at radius 1 is 0.906 bits per heavy atom. The standard InChI is InChI=1S/C22H14F5NO4/c1-11-8-13(23)3-7-18(11)32-19-9-12(22(25,26)27)2-5-15(19)20(29)28-14-4-6-17(24)16(10-14)21(30)31/h2-10H,1H3,(H,28,29)(H,30,31). The van der Waals surface area contributed by atoms with Crippen LogP contribution in [-0.2, 0) is 6.18 Å². The highest BCUT2D eigenvalue weighted by molar-refractivity contribution is 6.06. The number of alkyl halides is 3. The number of carboxylic acids is 1. The molecule has 3 aromatic rings. The summed E-state index contributed by atoms with van der Waals surface area (Å²) >= 11 is 0. The predicted molar refractivity (Wildman–Crippen MR) is 104 cm³/mol. The predicted octanol–water partition coefficient (Wildman–Crippen LogP) is 6.03. The number of amides is 1. The third kappa shape index (κ3) is 5.02. The zero-order valence-corrected chi connectivity index (χ0v) is 16.3. The van der Waals surface area contributed by atoms with E-state index in [9.17, 15) is 31.5 Å². The molecule has 10 heteroatoms. The summed E-state index contributed by atoms with van der Waals surface area (Å²) in [6.45, 7) is 1.47. The van der Waals surface area contributed by atoms with Crippen LogP contribution in [0.5, 0.6) is 11.5 Å². The number of aromatic carboxylic acids is 1. The summed E-state index contributed by atoms with van der Waals surface area (Å²) in [5, 5.41) is 11.3. The van der Waals surface area contributed by atoms with Gasteiger partial charge < -0.3 is 15.2 Å². The second kappa shape index (κ2) is 8.66. The van der Waals surface area contributed by atoms with Crippen LogP contribution in [0.2, 0.25) is 0 Å². The quantitative estimate of drug-likeness (QED) is 0.464. The molecule has 0 aliphatic heterocycles. The van der Waals surface area contributed by atoms with Gasteiger partial charge >= 0.3 is 12.1 Å². The summed E-state index contributed by atoms with van der Waals surface area (Å²) in [5.41, 5.74) is -1.92. The summed E-state index contributed by atoms with van der Waals surface area (Å²) in [6.07, 6.45) is -4.72. The summed E-state index contributed by atoms with van der Waals surface area (Å²) in [6, 6.07) is 8.30. The van der Waals surface area contributed by atoms with E-state index in [1.165, 1.54) is 13.0 Å². The van der Waals surface area contributed by atoms with Crippen LogP contribution in [-0.4, -0.2) is 17.0 Å². The van der Waals surface area contributed by atoms with Crippen molar-refractivity contribution < 1.29 is 41.4 Å². The lowest BCUT2D eigenvalue weighted by atomic mass is 10.1. The van der Waals surface area contributed by atoms with Crippen molar-refractivity contribution in [2.45, 2.75) is 13.1 Å². The Kier molecular flexibility index (Phi) is 6.15. The number of rotatable bonds is 5. The van der Waals surface area contributed by atoms with Gasteiger partial charge in [0.2, 0.25) is 0 Å². The molecule has 0 heterocycles. The first kappa shape index (κ1) is 22.7. The first-order valence-electron chi connectivity index (χ1n) is 8.95. The lowest BCUT2D eigenvalue weighted by Gasteiger charge is -2.16. The topological polar surface area (TPSA) is 75.6 Å². The largest absolute Gasteiger partial charge is 0.478 e. The summed E-state index contributed by atoms with van der Waals surface area (Å²) in [7, 11) is 0. The molecule has 3 aromatic carbocycles. The minimum atomic E-state index is -4.72. The van der Waals surface area contributed by atoms with Crippen LogP contribution < -0.4 is 10.1 Å². The van der Waals surface area contributed by atoms with E-state index in [0.717, 1.165) is 36.4 Å². The average Bonchev–Trinajstić information content (AvgIpc) is 2.70. The molecule has 0 saturated carbocycles. The van der Waals surface area contributed by atoms with E-state index in [-0.39, 0.29) is 22.6 Å². The van der Waals surface area contributed by atoms with Crippen molar-refractivity contribution in [2.75, 3.05) is 5.32 Å². The number of carbonyl (C=O) groups excluding carboxylic acids is 1. The smallest absolute Gasteiger partial charge is 0.416 e. The Hall–Kier alpha value is -3.95. The number of anilines is 1. The van der Waals surface area contributed by atoms with Crippen LogP contribution in [0.3, 0.4) is 0 Å². The van der Waals surface area contributed by atoms with Crippen LogP contribution in [0.15, 0.2) is 54.6 Å². The van der Waals surface area contributed by atoms with Crippen LogP contribution in [0.1, 0.15) is 31.8 Å². The van der Waals surface area contributed by atoms with Crippen molar-refractivity contribution in [1.82, 2.24) is 0 Å². The van der Waals surface area contributed by atoms with Crippen LogP contribution in [0.4, 0.5) is 27.6 Å². The molecule has 32 heavy (non-hydrogen) atoms. The fourth-order valence-corrected chi connectivity index (χ4v) is 2.78. The Labute approximate surface area is 178 Å². The SMILES string of the molecule is Cc1cc(F)ccc1Oc1cc(C(F)(F)F)ccc1C(=O)Nc1ccc(F)c(C(=O)O)c1. The Morgan fingerprint density at radius 2 is 1.62 bits per heavy atom. The number of hydrogen-bond acceptors (Lipinski definition) is 3. The molecule has 2 N–H and O–H groups in total. The molecule has 3 rings (SSSR count). The molecular weight excluding hydrogens is 437 g/mol. The number of carbonyl (C=O) groups is 2. The normalized spacial score (nSPS) is 11.2. The Morgan fingerprint density at radius 3 is 2.25 bits per heavy atom. The number of aryl methyl sites for hydroxylation is 1. The van der Waals surface area contributed by atoms with Crippen LogP contribution in [0, 0.1) is 18.6 Å². The Balaban J connectivity index is 2.00. The zero-order valence-electron chi connectivity index (χ0n) is 16.3. The molecule has 0 saturated heterocycles. The van der Waals surface area contributed by atoms with Crippen molar-refractivity contribution in [2.24, 2.45) is 0 Å². The van der Waals surface area contributed by atoms with Gasteiger partial charge in [0.25, 0.3) is 5.91 Å². The maximum absolute atomic E-state index is 13.6. The average molecular weight is 451 g/mol. The molecule has 5 nitrogen and oxygen atoms in total. The van der Waals surface area contributed by atoms with Gasteiger partial charge in [0.1, 0.15) is 23.1 Å². The number of carboxylic acid groups (broad SMARTS) is 1. The third-order valence-corrected chi connectivity index (χ3v) is 4.37. The minimum Gasteiger partial charge on any atom is -0.478 e. The van der Waals surface area contributed by atoms with E-state index in [1.54, 1.807) is 0 Å². The highest BCUT2D eigenvalue weighted by Gasteiger charge is 2.32. The summed E-state index contributed by atoms with van der Waals surface area (Å²) < 4.78 is 71.9. The highest BCUT2D eigenvalue weighted by atomic mass is 19.4. The molecule has 0 unspecified atom stereocenters. The van der Waals surface area contributed by atoms with Gasteiger partial charge in [-0.25, -0.2) is 13.6 Å². The van der Waals surface area contributed by atoms with E-state index in [1.807, 2.05) is 0 Å². The minimum absolute atomic E-state index is 0.0229. The number of hydrogen-bond donors (Lipinski definition) is 2. The van der Waals surface area contributed by atoms with E-state index in [4.69, 9.17) is 9.84 Å². The van der Waals surface area contributed by atoms with Crippen molar-refractivity contribution in [1.29, 1.82) is 0 Å². The van der Waals surface area contributed by atoms with Gasteiger partial charge in [-0.1, -0.05) is 0 Å². The molecule has 0 spiro atoms. The maximum Gasteiger partial charge on any atom is 0.416 e. The number of nitrogens with one attached hydrogen (secondary N) is 1. The zero-order chi connectivity index (χ0) is 23.6. The van der Waals surface area contributed by atoms with Crippen molar-refractivity contribution in [3.05, 3.63) is 88.5 Å². The number of ether oxygens (including phenoxy) is 1. The van der Waals surface area contributed by atoms with Gasteiger partial charge in [-0.2, -0.15) is 13.2 Å². The van der Waals surface area contributed by atoms with Crippen molar-refractivity contribution in [3.8, 4) is 11.5 Å². The van der Waals surface area contributed by atoms with E-state index < -0.39 is 46.6 Å². The van der Waals surface area contributed by atoms with E-state index in [0.29, 0.717) is 12.1 Å². The van der Waals surface area contributed by atoms with Crippen molar-refractivity contribution >= 4 is 17.6 Å². The monoisotopic (exact) mass is 451 g/mol. The fraction of sp³-hybridized carbons (Fsp3) is 0.0909. The lowest BCUT2D eigenvalue weighted by molar-refractivity contribution is -0.137. The number of benzene rings is 3. The molecule has 0 radical (unpaired) electrons. The van der Waals surface area contributed by atoms with Crippen LogP contribution >= 0.6 is 0 Å². The molecule has 0 aliphatic carbocycles. The van der Waals surface area contributed by atoms with Gasteiger partial charge in [0.05, 0.1) is 16.7 Å². The molecule has 1 amide bonds. The highest BCUT2D eigenvalue weighted by Crippen LogP contribution is 2.36. The van der Waals surface area contributed by atoms with E-state index >= 15 is 0 Å².